The quantitative estimate of drug-likeness (QED) is 0.757. The van der Waals surface area contributed by atoms with E-state index in [0.717, 1.165) is 22.9 Å². The molecule has 0 amide bonds. The summed E-state index contributed by atoms with van der Waals surface area (Å²) >= 11 is 1.69. The van der Waals surface area contributed by atoms with Crippen LogP contribution in [0.2, 0.25) is 0 Å². The van der Waals surface area contributed by atoms with Crippen molar-refractivity contribution in [2.45, 2.75) is 33.1 Å². The highest BCUT2D eigenvalue weighted by Gasteiger charge is 2.04. The zero-order chi connectivity index (χ0) is 12.8. The monoisotopic (exact) mass is 264 g/mol. The molecule has 3 nitrogen and oxygen atoms in total. The van der Waals surface area contributed by atoms with Crippen LogP contribution in [0.15, 0.2) is 18.2 Å². The number of rotatable bonds is 7. The fourth-order valence-corrected chi connectivity index (χ4v) is 2.73. The van der Waals surface area contributed by atoms with Crippen LogP contribution in [0.3, 0.4) is 0 Å². The lowest BCUT2D eigenvalue weighted by Gasteiger charge is -2.00. The van der Waals surface area contributed by atoms with Gasteiger partial charge in [0.2, 0.25) is 0 Å². The van der Waals surface area contributed by atoms with Gasteiger partial charge in [-0.15, -0.1) is 0 Å². The molecule has 0 saturated heterocycles. The molecule has 1 aromatic carbocycles. The van der Waals surface area contributed by atoms with E-state index in [0.29, 0.717) is 6.61 Å². The topological polar surface area (TPSA) is 34.2 Å². The highest BCUT2D eigenvalue weighted by Crippen LogP contribution is 2.29. The normalized spacial score (nSPS) is 10.8. The van der Waals surface area contributed by atoms with Gasteiger partial charge in [0.05, 0.1) is 16.8 Å². The molecule has 0 aliphatic heterocycles. The number of ether oxygens (including phenoxy) is 1. The van der Waals surface area contributed by atoms with E-state index >= 15 is 0 Å². The molecule has 0 saturated carbocycles. The van der Waals surface area contributed by atoms with Crippen LogP contribution >= 0.6 is 11.3 Å². The van der Waals surface area contributed by atoms with Crippen LogP contribution < -0.4 is 10.1 Å². The molecule has 1 aromatic heterocycles. The first-order valence-electron chi connectivity index (χ1n) is 6.60. The van der Waals surface area contributed by atoms with Crippen LogP contribution in [-0.4, -0.2) is 18.1 Å². The molecule has 0 atom stereocenters. The third-order valence-corrected chi connectivity index (χ3v) is 3.70. The zero-order valence-electron chi connectivity index (χ0n) is 11.0. The molecule has 2 aromatic rings. The van der Waals surface area contributed by atoms with E-state index in [1.807, 2.05) is 19.1 Å². The Labute approximate surface area is 112 Å². The standard InChI is InChI=1S/C14H20N2OS/c1-3-5-6-9-15-14-16-12-8-7-11(17-4-2)10-13(12)18-14/h7-8,10H,3-6,9H2,1-2H3,(H,15,16). The number of fused-ring (bicyclic) bond motifs is 1. The van der Waals surface area contributed by atoms with Gasteiger partial charge in [-0.3, -0.25) is 0 Å². The highest BCUT2D eigenvalue weighted by molar-refractivity contribution is 7.22. The average molecular weight is 264 g/mol. The van der Waals surface area contributed by atoms with Gasteiger partial charge in [0.25, 0.3) is 0 Å². The van der Waals surface area contributed by atoms with E-state index in [1.54, 1.807) is 11.3 Å². The summed E-state index contributed by atoms with van der Waals surface area (Å²) in [4.78, 5) is 4.56. The molecule has 0 radical (unpaired) electrons. The van der Waals surface area contributed by atoms with Crippen molar-refractivity contribution in [3.8, 4) is 5.75 Å². The summed E-state index contributed by atoms with van der Waals surface area (Å²) in [6.45, 7) is 5.92. The second-order valence-corrected chi connectivity index (χ2v) is 5.25. The lowest BCUT2D eigenvalue weighted by molar-refractivity contribution is 0.341. The molecular weight excluding hydrogens is 244 g/mol. The second-order valence-electron chi connectivity index (χ2n) is 4.22. The van der Waals surface area contributed by atoms with Crippen molar-refractivity contribution in [3.63, 3.8) is 0 Å². The molecule has 0 aliphatic carbocycles. The van der Waals surface area contributed by atoms with Crippen LogP contribution in [0.25, 0.3) is 10.2 Å². The molecule has 1 heterocycles. The third-order valence-electron chi connectivity index (χ3n) is 2.73. The van der Waals surface area contributed by atoms with Gasteiger partial charge in [0.1, 0.15) is 5.75 Å². The molecule has 4 heteroatoms. The summed E-state index contributed by atoms with van der Waals surface area (Å²) in [5.41, 5.74) is 1.04. The van der Waals surface area contributed by atoms with E-state index < -0.39 is 0 Å². The predicted octanol–water partition coefficient (Wildman–Crippen LogP) is 4.30. The Morgan fingerprint density at radius 2 is 2.17 bits per heavy atom. The highest BCUT2D eigenvalue weighted by atomic mass is 32.1. The first-order chi connectivity index (χ1) is 8.83. The maximum Gasteiger partial charge on any atom is 0.183 e. The van der Waals surface area contributed by atoms with Gasteiger partial charge < -0.3 is 10.1 Å². The lowest BCUT2D eigenvalue weighted by Crippen LogP contribution is -2.00. The van der Waals surface area contributed by atoms with Crippen molar-refractivity contribution in [2.75, 3.05) is 18.5 Å². The van der Waals surface area contributed by atoms with Gasteiger partial charge in [-0.1, -0.05) is 31.1 Å². The van der Waals surface area contributed by atoms with Crippen LogP contribution in [0, 0.1) is 0 Å². The molecule has 0 bridgehead atoms. The molecular formula is C14H20N2OS. The molecule has 0 aliphatic rings. The van der Waals surface area contributed by atoms with Crippen LogP contribution in [0.5, 0.6) is 5.75 Å². The average Bonchev–Trinajstić information content (AvgIpc) is 2.77. The van der Waals surface area contributed by atoms with Crippen LogP contribution in [0.4, 0.5) is 5.13 Å². The third kappa shape index (κ3) is 3.35. The van der Waals surface area contributed by atoms with Crippen LogP contribution in [-0.2, 0) is 0 Å². The largest absolute Gasteiger partial charge is 0.494 e. The van der Waals surface area contributed by atoms with Crippen LogP contribution in [0.1, 0.15) is 33.1 Å². The Balaban J connectivity index is 2.02. The molecule has 0 unspecified atom stereocenters. The Morgan fingerprint density at radius 1 is 1.28 bits per heavy atom. The number of aromatic nitrogens is 1. The fourth-order valence-electron chi connectivity index (χ4n) is 1.81. The smallest absolute Gasteiger partial charge is 0.183 e. The van der Waals surface area contributed by atoms with E-state index in [4.69, 9.17) is 4.74 Å². The van der Waals surface area contributed by atoms with Gasteiger partial charge in [0.15, 0.2) is 5.13 Å². The maximum absolute atomic E-state index is 5.49. The van der Waals surface area contributed by atoms with Crippen molar-refractivity contribution in [1.82, 2.24) is 4.98 Å². The van der Waals surface area contributed by atoms with Gasteiger partial charge in [-0.2, -0.15) is 0 Å². The van der Waals surface area contributed by atoms with E-state index in [2.05, 4.69) is 23.3 Å². The minimum atomic E-state index is 0.701. The van der Waals surface area contributed by atoms with Crippen molar-refractivity contribution < 1.29 is 4.74 Å². The predicted molar refractivity (Wildman–Crippen MR) is 78.8 cm³/mol. The van der Waals surface area contributed by atoms with E-state index in [9.17, 15) is 0 Å². The summed E-state index contributed by atoms with van der Waals surface area (Å²) in [7, 11) is 0. The lowest BCUT2D eigenvalue weighted by atomic mass is 10.2. The van der Waals surface area contributed by atoms with Gasteiger partial charge in [-0.05, 0) is 31.5 Å². The summed E-state index contributed by atoms with van der Waals surface area (Å²) in [5.74, 6) is 0.922. The zero-order valence-corrected chi connectivity index (χ0v) is 11.8. The molecule has 18 heavy (non-hydrogen) atoms. The maximum atomic E-state index is 5.49. The number of unbranched alkanes of at least 4 members (excludes halogenated alkanes) is 2. The minimum Gasteiger partial charge on any atom is -0.494 e. The van der Waals surface area contributed by atoms with Gasteiger partial charge >= 0.3 is 0 Å². The number of nitrogens with zero attached hydrogens (tertiary/aromatic N) is 1. The van der Waals surface area contributed by atoms with Crippen molar-refractivity contribution in [2.24, 2.45) is 0 Å². The molecule has 98 valence electrons. The molecule has 1 N–H and O–H groups in total. The summed E-state index contributed by atoms with van der Waals surface area (Å²) in [6.07, 6.45) is 3.72. The summed E-state index contributed by atoms with van der Waals surface area (Å²) in [6, 6.07) is 6.06. The molecule has 0 fully saturated rings. The SMILES string of the molecule is CCCCCNc1nc2ccc(OCC)cc2s1. The Bertz CT molecular complexity index is 495. The van der Waals surface area contributed by atoms with Gasteiger partial charge in [-0.25, -0.2) is 4.98 Å². The van der Waals surface area contributed by atoms with Crippen molar-refractivity contribution in [3.05, 3.63) is 18.2 Å². The van der Waals surface area contributed by atoms with Crippen molar-refractivity contribution >= 4 is 26.7 Å². The number of nitrogens with one attached hydrogen (secondary N) is 1. The Morgan fingerprint density at radius 3 is 2.94 bits per heavy atom. The first kappa shape index (κ1) is 13.1. The van der Waals surface area contributed by atoms with Gasteiger partial charge in [0, 0.05) is 6.54 Å². The number of benzene rings is 1. The second kappa shape index (κ2) is 6.59. The Kier molecular flexibility index (Phi) is 4.81. The minimum absolute atomic E-state index is 0.701. The fraction of sp³-hybridized carbons (Fsp3) is 0.500. The molecule has 2 rings (SSSR count). The van der Waals surface area contributed by atoms with E-state index in [-0.39, 0.29) is 0 Å². The van der Waals surface area contributed by atoms with Crippen molar-refractivity contribution in [1.29, 1.82) is 0 Å². The summed E-state index contributed by atoms with van der Waals surface area (Å²) < 4.78 is 6.67. The number of thiazole rings is 1. The number of hydrogen-bond donors (Lipinski definition) is 1. The number of hydrogen-bond acceptors (Lipinski definition) is 4. The van der Waals surface area contributed by atoms with E-state index in [1.165, 1.54) is 24.0 Å². The molecule has 0 spiro atoms. The summed E-state index contributed by atoms with van der Waals surface area (Å²) in [5, 5.41) is 4.40. The number of anilines is 1. The first-order valence-corrected chi connectivity index (χ1v) is 7.42. The Hall–Kier alpha value is -1.29.